The smallest absolute Gasteiger partial charge is 0.191 e. The van der Waals surface area contributed by atoms with E-state index in [-0.39, 0.29) is 5.82 Å². The lowest BCUT2D eigenvalue weighted by atomic mass is 10.2. The van der Waals surface area contributed by atoms with Crippen molar-refractivity contribution >= 4 is 5.96 Å². The largest absolute Gasteiger partial charge is 0.497 e. The van der Waals surface area contributed by atoms with E-state index >= 15 is 0 Å². The number of furan rings is 1. The minimum Gasteiger partial charge on any atom is -0.497 e. The van der Waals surface area contributed by atoms with Crippen molar-refractivity contribution in [2.45, 2.75) is 13.0 Å². The Balaban J connectivity index is 1.95. The summed E-state index contributed by atoms with van der Waals surface area (Å²) in [6.07, 6.45) is 2.39. The highest BCUT2D eigenvalue weighted by atomic mass is 19.1. The molecule has 0 amide bonds. The van der Waals surface area contributed by atoms with Crippen LogP contribution in [-0.2, 0) is 17.7 Å². The predicted molar refractivity (Wildman–Crippen MR) is 94.4 cm³/mol. The lowest BCUT2D eigenvalue weighted by Gasteiger charge is -2.12. The molecule has 0 aliphatic rings. The van der Waals surface area contributed by atoms with Crippen molar-refractivity contribution in [2.75, 3.05) is 33.9 Å². The Bertz CT molecular complexity index is 660. The molecule has 1 heterocycles. The van der Waals surface area contributed by atoms with Gasteiger partial charge in [0.1, 0.15) is 17.3 Å². The minimum atomic E-state index is -0.343. The predicted octanol–water partition coefficient (Wildman–Crippen LogP) is 2.35. The van der Waals surface area contributed by atoms with Gasteiger partial charge in [-0.3, -0.25) is 0 Å². The van der Waals surface area contributed by atoms with Crippen molar-refractivity contribution in [3.63, 3.8) is 0 Å². The van der Waals surface area contributed by atoms with Gasteiger partial charge in [-0.1, -0.05) is 0 Å². The number of hydrogen-bond donors (Lipinski definition) is 2. The molecule has 0 atom stereocenters. The molecule has 6 nitrogen and oxygen atoms in total. The van der Waals surface area contributed by atoms with Gasteiger partial charge in [-0.15, -0.1) is 0 Å². The maximum atomic E-state index is 13.6. The number of halogens is 1. The van der Waals surface area contributed by atoms with Gasteiger partial charge in [0.2, 0.25) is 0 Å². The third-order valence-corrected chi connectivity index (χ3v) is 3.43. The third-order valence-electron chi connectivity index (χ3n) is 3.43. The molecule has 7 heteroatoms. The molecule has 0 radical (unpaired) electrons. The van der Waals surface area contributed by atoms with Crippen LogP contribution in [0.1, 0.15) is 11.3 Å². The summed E-state index contributed by atoms with van der Waals surface area (Å²) in [6.45, 7) is 2.18. The Labute approximate surface area is 147 Å². The van der Waals surface area contributed by atoms with E-state index in [1.54, 1.807) is 19.4 Å². The number of guanidine groups is 1. The molecule has 136 valence electrons. The molecular formula is C18H24FN3O3. The first-order chi connectivity index (χ1) is 12.2. The minimum absolute atomic E-state index is 0.331. The van der Waals surface area contributed by atoms with Crippen LogP contribution in [0.2, 0.25) is 0 Å². The quantitative estimate of drug-likeness (QED) is 0.413. The zero-order valence-electron chi connectivity index (χ0n) is 14.5. The molecule has 2 N–H and O–H groups in total. The van der Waals surface area contributed by atoms with Crippen molar-refractivity contribution in [1.29, 1.82) is 0 Å². The topological polar surface area (TPSA) is 68.0 Å². The van der Waals surface area contributed by atoms with Gasteiger partial charge >= 0.3 is 0 Å². The Hall–Kier alpha value is -2.54. The van der Waals surface area contributed by atoms with Gasteiger partial charge in [0.15, 0.2) is 5.96 Å². The van der Waals surface area contributed by atoms with Crippen LogP contribution in [-0.4, -0.2) is 39.9 Å². The summed E-state index contributed by atoms with van der Waals surface area (Å²) in [6, 6.07) is 8.34. The van der Waals surface area contributed by atoms with Crippen LogP contribution < -0.4 is 15.4 Å². The Morgan fingerprint density at radius 3 is 2.76 bits per heavy atom. The number of ether oxygens (including phenoxy) is 2. The standard InChI is InChI=1S/C18H24FN3O3/c1-23-9-7-21-18(20-6-5-16-4-3-8-25-16)22-13-14-10-15(19)12-17(11-14)24-2/h3-4,8,10-12H,5-7,9,13H2,1-2H3,(H2,20,21,22). The zero-order valence-corrected chi connectivity index (χ0v) is 14.5. The Morgan fingerprint density at radius 1 is 1.20 bits per heavy atom. The lowest BCUT2D eigenvalue weighted by molar-refractivity contribution is 0.203. The van der Waals surface area contributed by atoms with Gasteiger partial charge in [-0.25, -0.2) is 9.38 Å². The molecular weight excluding hydrogens is 325 g/mol. The molecule has 0 unspecified atom stereocenters. The van der Waals surface area contributed by atoms with Crippen LogP contribution in [0, 0.1) is 5.82 Å². The summed E-state index contributed by atoms with van der Waals surface area (Å²) < 4.78 is 29.0. The SMILES string of the molecule is COCCNC(=NCc1cc(F)cc(OC)c1)NCCc1ccco1. The number of aliphatic imine (C=N–C) groups is 1. The van der Waals surface area contributed by atoms with Gasteiger partial charge < -0.3 is 24.5 Å². The van der Waals surface area contributed by atoms with E-state index in [0.717, 1.165) is 17.7 Å². The van der Waals surface area contributed by atoms with E-state index in [0.29, 0.717) is 38.0 Å². The van der Waals surface area contributed by atoms with E-state index in [9.17, 15) is 4.39 Å². The summed E-state index contributed by atoms with van der Waals surface area (Å²) in [4.78, 5) is 4.49. The van der Waals surface area contributed by atoms with E-state index in [1.165, 1.54) is 19.2 Å². The molecule has 1 aromatic heterocycles. The molecule has 0 saturated carbocycles. The van der Waals surface area contributed by atoms with E-state index in [4.69, 9.17) is 13.9 Å². The highest BCUT2D eigenvalue weighted by molar-refractivity contribution is 5.79. The van der Waals surface area contributed by atoms with Crippen LogP contribution in [0.25, 0.3) is 0 Å². The molecule has 0 spiro atoms. The number of hydrogen-bond acceptors (Lipinski definition) is 4. The maximum Gasteiger partial charge on any atom is 0.191 e. The molecule has 2 rings (SSSR count). The molecule has 0 aliphatic heterocycles. The molecule has 0 saturated heterocycles. The lowest BCUT2D eigenvalue weighted by Crippen LogP contribution is -2.40. The number of nitrogens with zero attached hydrogens (tertiary/aromatic N) is 1. The molecule has 0 bridgehead atoms. The van der Waals surface area contributed by atoms with Crippen molar-refractivity contribution in [3.8, 4) is 5.75 Å². The van der Waals surface area contributed by atoms with E-state index < -0.39 is 0 Å². The van der Waals surface area contributed by atoms with Crippen LogP contribution in [0.15, 0.2) is 46.0 Å². The fraction of sp³-hybridized carbons (Fsp3) is 0.389. The first-order valence-corrected chi connectivity index (χ1v) is 8.08. The number of methoxy groups -OCH3 is 2. The van der Waals surface area contributed by atoms with Gasteiger partial charge in [0.25, 0.3) is 0 Å². The van der Waals surface area contributed by atoms with Gasteiger partial charge in [-0.05, 0) is 29.8 Å². The monoisotopic (exact) mass is 349 g/mol. The Morgan fingerprint density at radius 2 is 2.04 bits per heavy atom. The van der Waals surface area contributed by atoms with Crippen LogP contribution in [0.4, 0.5) is 4.39 Å². The number of benzene rings is 1. The van der Waals surface area contributed by atoms with E-state index in [1.807, 2.05) is 12.1 Å². The molecule has 0 aliphatic carbocycles. The van der Waals surface area contributed by atoms with Crippen molar-refractivity contribution in [2.24, 2.45) is 4.99 Å². The highest BCUT2D eigenvalue weighted by Gasteiger charge is 2.03. The molecule has 25 heavy (non-hydrogen) atoms. The van der Waals surface area contributed by atoms with Gasteiger partial charge in [0.05, 0.1) is 26.5 Å². The second-order valence-corrected chi connectivity index (χ2v) is 5.34. The summed E-state index contributed by atoms with van der Waals surface area (Å²) in [5, 5.41) is 6.40. The highest BCUT2D eigenvalue weighted by Crippen LogP contribution is 2.16. The summed E-state index contributed by atoms with van der Waals surface area (Å²) in [5.74, 6) is 1.67. The van der Waals surface area contributed by atoms with Crippen molar-refractivity contribution in [1.82, 2.24) is 10.6 Å². The molecule has 0 fully saturated rings. The molecule has 1 aromatic carbocycles. The van der Waals surface area contributed by atoms with Gasteiger partial charge in [-0.2, -0.15) is 0 Å². The van der Waals surface area contributed by atoms with Crippen molar-refractivity contribution in [3.05, 3.63) is 53.7 Å². The second kappa shape index (κ2) is 10.4. The Kier molecular flexibility index (Phi) is 7.78. The van der Waals surface area contributed by atoms with Crippen LogP contribution >= 0.6 is 0 Å². The number of nitrogens with one attached hydrogen (secondary N) is 2. The van der Waals surface area contributed by atoms with Crippen LogP contribution in [0.5, 0.6) is 5.75 Å². The third kappa shape index (κ3) is 6.84. The summed E-state index contributed by atoms with van der Waals surface area (Å²) in [7, 11) is 3.15. The average Bonchev–Trinajstić information content (AvgIpc) is 3.12. The molecule has 2 aromatic rings. The zero-order chi connectivity index (χ0) is 17.9. The van der Waals surface area contributed by atoms with Crippen molar-refractivity contribution < 1.29 is 18.3 Å². The number of rotatable bonds is 9. The second-order valence-electron chi connectivity index (χ2n) is 5.34. The average molecular weight is 349 g/mol. The summed E-state index contributed by atoms with van der Waals surface area (Å²) >= 11 is 0. The summed E-state index contributed by atoms with van der Waals surface area (Å²) in [5.41, 5.74) is 0.732. The maximum absolute atomic E-state index is 13.6. The first kappa shape index (κ1) is 18.8. The van der Waals surface area contributed by atoms with Crippen LogP contribution in [0.3, 0.4) is 0 Å². The first-order valence-electron chi connectivity index (χ1n) is 8.08. The van der Waals surface area contributed by atoms with Gasteiger partial charge in [0, 0.05) is 32.7 Å². The fourth-order valence-corrected chi connectivity index (χ4v) is 2.20. The van der Waals surface area contributed by atoms with E-state index in [2.05, 4.69) is 15.6 Å². The fourth-order valence-electron chi connectivity index (χ4n) is 2.20. The normalized spacial score (nSPS) is 11.4.